The summed E-state index contributed by atoms with van der Waals surface area (Å²) >= 11 is 0. The first-order valence-corrected chi connectivity index (χ1v) is 8.16. The van der Waals surface area contributed by atoms with Crippen LogP contribution in [0.4, 0.5) is 5.82 Å². The Morgan fingerprint density at radius 1 is 0.826 bits per heavy atom. The summed E-state index contributed by atoms with van der Waals surface area (Å²) in [6.07, 6.45) is 2.39. The number of nitrogens with zero attached hydrogens (tertiary/aromatic N) is 2. The van der Waals surface area contributed by atoms with E-state index in [1.807, 2.05) is 42.5 Å². The van der Waals surface area contributed by atoms with E-state index in [1.165, 1.54) is 12.8 Å². The Labute approximate surface area is 134 Å². The quantitative estimate of drug-likeness (QED) is 0.532. The number of anilines is 1. The largest absolute Gasteiger partial charge is 0.356 e. The van der Waals surface area contributed by atoms with Gasteiger partial charge in [0.2, 0.25) is 0 Å². The number of rotatable bonds is 1. The van der Waals surface area contributed by atoms with Gasteiger partial charge in [-0.3, -0.25) is 4.79 Å². The fourth-order valence-electron chi connectivity index (χ4n) is 3.88. The van der Waals surface area contributed by atoms with Crippen LogP contribution in [0, 0.1) is 0 Å². The van der Waals surface area contributed by atoms with E-state index >= 15 is 0 Å². The summed E-state index contributed by atoms with van der Waals surface area (Å²) in [5.74, 6) is 1.11. The molecule has 0 unspecified atom stereocenters. The van der Waals surface area contributed by atoms with Crippen LogP contribution in [-0.2, 0) is 0 Å². The zero-order valence-corrected chi connectivity index (χ0v) is 12.7. The van der Waals surface area contributed by atoms with Crippen LogP contribution in [0.5, 0.6) is 0 Å². The maximum atomic E-state index is 13.0. The Morgan fingerprint density at radius 2 is 1.52 bits per heavy atom. The van der Waals surface area contributed by atoms with Gasteiger partial charge in [0, 0.05) is 35.2 Å². The summed E-state index contributed by atoms with van der Waals surface area (Å²) in [5.41, 5.74) is 4.62. The van der Waals surface area contributed by atoms with Crippen LogP contribution in [0.1, 0.15) is 28.8 Å². The second-order valence-corrected chi connectivity index (χ2v) is 6.27. The first-order chi connectivity index (χ1) is 11.3. The molecule has 0 atom stereocenters. The van der Waals surface area contributed by atoms with E-state index in [2.05, 4.69) is 11.0 Å². The molecule has 112 valence electrons. The smallest absolute Gasteiger partial charge is 0.195 e. The average Bonchev–Trinajstić information content (AvgIpc) is 3.22. The Balaban J connectivity index is 1.91. The van der Waals surface area contributed by atoms with Gasteiger partial charge in [-0.1, -0.05) is 42.5 Å². The van der Waals surface area contributed by atoms with Crippen molar-refractivity contribution in [2.45, 2.75) is 12.8 Å². The topological polar surface area (TPSA) is 33.2 Å². The summed E-state index contributed by atoms with van der Waals surface area (Å²) in [5, 5.41) is 0.964. The van der Waals surface area contributed by atoms with E-state index in [4.69, 9.17) is 4.98 Å². The minimum Gasteiger partial charge on any atom is -0.356 e. The molecule has 0 bridgehead atoms. The highest BCUT2D eigenvalue weighted by Gasteiger charge is 2.33. The third kappa shape index (κ3) is 1.70. The van der Waals surface area contributed by atoms with Gasteiger partial charge in [-0.05, 0) is 24.5 Å². The van der Waals surface area contributed by atoms with Crippen molar-refractivity contribution in [3.05, 3.63) is 59.7 Å². The molecule has 1 fully saturated rings. The molecule has 1 aliphatic carbocycles. The van der Waals surface area contributed by atoms with Crippen molar-refractivity contribution in [1.29, 1.82) is 0 Å². The molecule has 0 amide bonds. The molecule has 1 aliphatic heterocycles. The fraction of sp³-hybridized carbons (Fsp3) is 0.200. The lowest BCUT2D eigenvalue weighted by molar-refractivity contribution is 0.104. The number of aromatic nitrogens is 1. The van der Waals surface area contributed by atoms with Gasteiger partial charge in [0.05, 0.1) is 5.52 Å². The summed E-state index contributed by atoms with van der Waals surface area (Å²) in [6.45, 7) is 2.04. The molecule has 1 aromatic heterocycles. The molecule has 2 aliphatic rings. The van der Waals surface area contributed by atoms with Crippen molar-refractivity contribution in [3.63, 3.8) is 0 Å². The minimum absolute atomic E-state index is 0.134. The lowest BCUT2D eigenvalue weighted by Gasteiger charge is -2.21. The highest BCUT2D eigenvalue weighted by molar-refractivity contribution is 6.28. The number of hydrogen-bond donors (Lipinski definition) is 0. The Morgan fingerprint density at radius 3 is 2.35 bits per heavy atom. The second-order valence-electron chi connectivity index (χ2n) is 6.27. The van der Waals surface area contributed by atoms with E-state index in [1.54, 1.807) is 0 Å². The van der Waals surface area contributed by atoms with E-state index in [9.17, 15) is 4.79 Å². The van der Waals surface area contributed by atoms with Gasteiger partial charge in [-0.2, -0.15) is 0 Å². The lowest BCUT2D eigenvalue weighted by atomic mass is 10.0. The van der Waals surface area contributed by atoms with Gasteiger partial charge in [0.15, 0.2) is 5.78 Å². The van der Waals surface area contributed by atoms with Crippen molar-refractivity contribution in [1.82, 2.24) is 4.98 Å². The van der Waals surface area contributed by atoms with Crippen LogP contribution in [0.25, 0.3) is 22.0 Å². The molecule has 2 aromatic carbocycles. The van der Waals surface area contributed by atoms with Crippen molar-refractivity contribution < 1.29 is 4.79 Å². The number of carbonyl (C=O) groups is 1. The highest BCUT2D eigenvalue weighted by atomic mass is 16.1. The Hall–Kier alpha value is -2.68. The van der Waals surface area contributed by atoms with Crippen molar-refractivity contribution in [2.75, 3.05) is 18.0 Å². The minimum atomic E-state index is 0.134. The lowest BCUT2D eigenvalue weighted by Crippen LogP contribution is -2.20. The normalized spacial score (nSPS) is 16.0. The van der Waals surface area contributed by atoms with Crippen LogP contribution in [0.2, 0.25) is 0 Å². The monoisotopic (exact) mass is 300 g/mol. The number of hydrogen-bond acceptors (Lipinski definition) is 3. The summed E-state index contributed by atoms with van der Waals surface area (Å²) in [7, 11) is 0. The molecular formula is C20H16N2O. The van der Waals surface area contributed by atoms with Crippen LogP contribution >= 0.6 is 0 Å². The highest BCUT2D eigenvalue weighted by Crippen LogP contribution is 2.45. The number of fused-ring (bicyclic) bond motifs is 5. The zero-order valence-electron chi connectivity index (χ0n) is 12.7. The van der Waals surface area contributed by atoms with Gasteiger partial charge in [0.1, 0.15) is 5.82 Å². The number of pyridine rings is 1. The predicted octanol–water partition coefficient (Wildman–Crippen LogP) is 4.05. The molecule has 0 spiro atoms. The van der Waals surface area contributed by atoms with Crippen molar-refractivity contribution in [3.8, 4) is 11.1 Å². The van der Waals surface area contributed by atoms with Gasteiger partial charge in [0.25, 0.3) is 0 Å². The molecule has 3 aromatic rings. The second kappa shape index (κ2) is 4.66. The van der Waals surface area contributed by atoms with E-state index in [-0.39, 0.29) is 5.78 Å². The average molecular weight is 300 g/mol. The van der Waals surface area contributed by atoms with Crippen LogP contribution in [0.15, 0.2) is 48.5 Å². The summed E-state index contributed by atoms with van der Waals surface area (Å²) in [4.78, 5) is 20.3. The number of ketones is 1. The molecule has 1 saturated heterocycles. The standard InChI is InChI=1S/C20H16N2O/c23-19-14-8-2-1-7-13(14)18-17(19)15-9-3-4-10-16(15)21-20(18)22-11-5-6-12-22/h1-4,7-10H,5-6,11-12H2. The molecule has 3 heteroatoms. The van der Waals surface area contributed by atoms with Crippen LogP contribution in [0.3, 0.4) is 0 Å². The maximum Gasteiger partial charge on any atom is 0.195 e. The van der Waals surface area contributed by atoms with Crippen LogP contribution in [-0.4, -0.2) is 23.9 Å². The molecular weight excluding hydrogens is 284 g/mol. The molecule has 0 saturated carbocycles. The van der Waals surface area contributed by atoms with Gasteiger partial charge >= 0.3 is 0 Å². The molecule has 5 rings (SSSR count). The van der Waals surface area contributed by atoms with Crippen LogP contribution < -0.4 is 4.90 Å². The van der Waals surface area contributed by atoms with E-state index in [0.29, 0.717) is 0 Å². The summed E-state index contributed by atoms with van der Waals surface area (Å²) in [6, 6.07) is 15.9. The molecule has 0 N–H and O–H groups in total. The van der Waals surface area contributed by atoms with Gasteiger partial charge in [-0.15, -0.1) is 0 Å². The Bertz CT molecular complexity index is 955. The molecule has 3 nitrogen and oxygen atoms in total. The van der Waals surface area contributed by atoms with Gasteiger partial charge in [-0.25, -0.2) is 4.98 Å². The third-order valence-electron chi connectivity index (χ3n) is 4.95. The first kappa shape index (κ1) is 12.8. The first-order valence-electron chi connectivity index (χ1n) is 8.16. The molecule has 2 heterocycles. The third-order valence-corrected chi connectivity index (χ3v) is 4.95. The fourth-order valence-corrected chi connectivity index (χ4v) is 3.88. The number of benzene rings is 2. The number of carbonyl (C=O) groups excluding carboxylic acids is 1. The molecule has 0 radical (unpaired) electrons. The maximum absolute atomic E-state index is 13.0. The van der Waals surface area contributed by atoms with E-state index < -0.39 is 0 Å². The van der Waals surface area contributed by atoms with Crippen molar-refractivity contribution >= 4 is 22.5 Å². The number of para-hydroxylation sites is 1. The Kier molecular flexibility index (Phi) is 2.60. The molecule has 23 heavy (non-hydrogen) atoms. The summed E-state index contributed by atoms with van der Waals surface area (Å²) < 4.78 is 0. The SMILES string of the molecule is O=C1c2ccccc2-c2c(N3CCCC3)nc3ccccc3c21. The van der Waals surface area contributed by atoms with Gasteiger partial charge < -0.3 is 4.90 Å². The van der Waals surface area contributed by atoms with E-state index in [0.717, 1.165) is 52.1 Å². The predicted molar refractivity (Wildman–Crippen MR) is 92.1 cm³/mol. The zero-order chi connectivity index (χ0) is 15.4. The van der Waals surface area contributed by atoms with Crippen molar-refractivity contribution in [2.24, 2.45) is 0 Å².